The number of hydrogen-bond acceptors (Lipinski definition) is 4. The summed E-state index contributed by atoms with van der Waals surface area (Å²) in [5.41, 5.74) is 1.89. The maximum atomic E-state index is 12.1. The summed E-state index contributed by atoms with van der Waals surface area (Å²) in [6.45, 7) is 0.765. The number of carbonyl (C=O) groups excluding carboxylic acids is 2. The predicted molar refractivity (Wildman–Crippen MR) is 83.5 cm³/mol. The van der Waals surface area contributed by atoms with Gasteiger partial charge in [-0.05, 0) is 29.8 Å². The Bertz CT molecular complexity index is 756. The van der Waals surface area contributed by atoms with Gasteiger partial charge in [0.2, 0.25) is 0 Å². The molecule has 0 bridgehead atoms. The van der Waals surface area contributed by atoms with Gasteiger partial charge in [0.05, 0.1) is 24.3 Å². The van der Waals surface area contributed by atoms with Crippen LogP contribution in [0.25, 0.3) is 0 Å². The van der Waals surface area contributed by atoms with E-state index >= 15 is 0 Å². The molecular formula is C18H14N2O3. The Hall–Kier alpha value is -2.97. The molecule has 0 atom stereocenters. The minimum Gasteiger partial charge on any atom is -0.364 e. The Morgan fingerprint density at radius 2 is 1.61 bits per heavy atom. The molecule has 114 valence electrons. The predicted octanol–water partition coefficient (Wildman–Crippen LogP) is 1.90. The van der Waals surface area contributed by atoms with Crippen molar-refractivity contribution in [1.82, 2.24) is 9.88 Å². The van der Waals surface area contributed by atoms with E-state index in [1.807, 2.05) is 12.1 Å². The zero-order valence-electron chi connectivity index (χ0n) is 12.4. The van der Waals surface area contributed by atoms with Crippen LogP contribution in [0.15, 0.2) is 48.8 Å². The topological polar surface area (TPSA) is 59.5 Å². The molecule has 5 heteroatoms. The van der Waals surface area contributed by atoms with E-state index in [0.717, 1.165) is 10.5 Å². The van der Waals surface area contributed by atoms with Crippen molar-refractivity contribution in [2.45, 2.75) is 6.61 Å². The Morgan fingerprint density at radius 1 is 0.957 bits per heavy atom. The molecule has 1 aromatic carbocycles. The van der Waals surface area contributed by atoms with E-state index in [1.165, 1.54) is 0 Å². The van der Waals surface area contributed by atoms with Gasteiger partial charge < -0.3 is 4.74 Å². The molecule has 0 saturated heterocycles. The van der Waals surface area contributed by atoms with Crippen LogP contribution in [-0.2, 0) is 11.3 Å². The smallest absolute Gasteiger partial charge is 0.262 e. The van der Waals surface area contributed by atoms with Gasteiger partial charge in [-0.3, -0.25) is 19.5 Å². The number of amides is 2. The van der Waals surface area contributed by atoms with Crippen LogP contribution in [0.2, 0.25) is 0 Å². The molecule has 0 aliphatic carbocycles. The van der Waals surface area contributed by atoms with Gasteiger partial charge in [-0.15, -0.1) is 0 Å². The number of carbonyl (C=O) groups is 2. The van der Waals surface area contributed by atoms with Crippen molar-refractivity contribution in [3.63, 3.8) is 0 Å². The third-order valence-corrected chi connectivity index (χ3v) is 3.43. The number of ether oxygens (including phenoxy) is 1. The van der Waals surface area contributed by atoms with Gasteiger partial charge >= 0.3 is 0 Å². The maximum absolute atomic E-state index is 12.1. The molecule has 1 aliphatic heterocycles. The number of pyridine rings is 1. The normalized spacial score (nSPS) is 12.8. The minimum absolute atomic E-state index is 0.0744. The fourth-order valence-corrected chi connectivity index (χ4v) is 2.27. The molecule has 23 heavy (non-hydrogen) atoms. The quantitative estimate of drug-likeness (QED) is 0.492. The summed E-state index contributed by atoms with van der Waals surface area (Å²) in [7, 11) is 0. The largest absolute Gasteiger partial charge is 0.364 e. The van der Waals surface area contributed by atoms with Crippen LogP contribution in [-0.4, -0.2) is 34.8 Å². The molecule has 2 heterocycles. The second-order valence-electron chi connectivity index (χ2n) is 4.94. The highest BCUT2D eigenvalue weighted by molar-refractivity contribution is 6.21. The molecule has 0 spiro atoms. The van der Waals surface area contributed by atoms with Crippen molar-refractivity contribution >= 4 is 11.8 Å². The van der Waals surface area contributed by atoms with E-state index in [0.29, 0.717) is 17.7 Å². The molecule has 2 aromatic rings. The lowest BCUT2D eigenvalue weighted by Gasteiger charge is -2.08. The first kappa shape index (κ1) is 14.9. The van der Waals surface area contributed by atoms with Gasteiger partial charge in [-0.2, -0.15) is 0 Å². The summed E-state index contributed by atoms with van der Waals surface area (Å²) in [6.07, 6.45) is 3.40. The first-order chi connectivity index (χ1) is 11.3. The summed E-state index contributed by atoms with van der Waals surface area (Å²) >= 11 is 0. The zero-order valence-corrected chi connectivity index (χ0v) is 12.4. The average Bonchev–Trinajstić information content (AvgIpc) is 2.84. The number of fused-ring (bicyclic) bond motifs is 1. The molecule has 2 amide bonds. The summed E-state index contributed by atoms with van der Waals surface area (Å²) in [5.74, 6) is 5.03. The van der Waals surface area contributed by atoms with E-state index in [1.54, 1.807) is 36.7 Å². The van der Waals surface area contributed by atoms with Crippen LogP contribution in [0.5, 0.6) is 0 Å². The monoisotopic (exact) mass is 306 g/mol. The summed E-state index contributed by atoms with van der Waals surface area (Å²) < 4.78 is 5.41. The number of rotatable bonds is 4. The van der Waals surface area contributed by atoms with Gasteiger partial charge in [-0.1, -0.05) is 24.0 Å². The van der Waals surface area contributed by atoms with Crippen molar-refractivity contribution in [3.8, 4) is 11.8 Å². The van der Waals surface area contributed by atoms with Crippen LogP contribution in [0.3, 0.4) is 0 Å². The molecular weight excluding hydrogens is 292 g/mol. The van der Waals surface area contributed by atoms with Crippen LogP contribution < -0.4 is 0 Å². The molecule has 0 N–H and O–H groups in total. The Labute approximate surface area is 133 Å². The van der Waals surface area contributed by atoms with Crippen LogP contribution in [0.4, 0.5) is 0 Å². The van der Waals surface area contributed by atoms with Gasteiger partial charge in [-0.25, -0.2) is 0 Å². The molecule has 3 rings (SSSR count). The molecule has 1 aliphatic rings. The van der Waals surface area contributed by atoms with Gasteiger partial charge in [0.1, 0.15) is 6.61 Å². The van der Waals surface area contributed by atoms with Crippen molar-refractivity contribution in [1.29, 1.82) is 0 Å². The van der Waals surface area contributed by atoms with E-state index in [2.05, 4.69) is 16.8 Å². The second-order valence-corrected chi connectivity index (χ2v) is 4.94. The van der Waals surface area contributed by atoms with Crippen LogP contribution in [0, 0.1) is 11.8 Å². The standard InChI is InChI=1S/C18H14N2O3/c21-17-15-5-1-2-6-16(15)18(22)20(17)11-3-4-12-23-13-14-7-9-19-10-8-14/h1-2,5-10H,11-13H2. The van der Waals surface area contributed by atoms with Crippen molar-refractivity contribution < 1.29 is 14.3 Å². The lowest BCUT2D eigenvalue weighted by molar-refractivity contribution is 0.0674. The number of nitrogens with zero attached hydrogens (tertiary/aromatic N) is 2. The Kier molecular flexibility index (Phi) is 4.46. The van der Waals surface area contributed by atoms with Crippen molar-refractivity contribution in [3.05, 3.63) is 65.5 Å². The highest BCUT2D eigenvalue weighted by Gasteiger charge is 2.34. The van der Waals surface area contributed by atoms with E-state index in [-0.39, 0.29) is 25.0 Å². The molecule has 0 radical (unpaired) electrons. The first-order valence-electron chi connectivity index (χ1n) is 7.15. The Morgan fingerprint density at radius 3 is 2.26 bits per heavy atom. The van der Waals surface area contributed by atoms with E-state index in [9.17, 15) is 9.59 Å². The number of aromatic nitrogens is 1. The summed E-state index contributed by atoms with van der Waals surface area (Å²) in [4.78, 5) is 29.3. The van der Waals surface area contributed by atoms with Crippen LogP contribution in [0.1, 0.15) is 26.3 Å². The molecule has 5 nitrogen and oxygen atoms in total. The third-order valence-electron chi connectivity index (χ3n) is 3.43. The van der Waals surface area contributed by atoms with Crippen molar-refractivity contribution in [2.24, 2.45) is 0 Å². The highest BCUT2D eigenvalue weighted by atomic mass is 16.5. The number of benzene rings is 1. The fraction of sp³-hybridized carbons (Fsp3) is 0.167. The van der Waals surface area contributed by atoms with Gasteiger partial charge in [0.25, 0.3) is 11.8 Å². The fourth-order valence-electron chi connectivity index (χ4n) is 2.27. The maximum Gasteiger partial charge on any atom is 0.262 e. The minimum atomic E-state index is -0.294. The zero-order chi connectivity index (χ0) is 16.1. The SMILES string of the molecule is O=C1c2ccccc2C(=O)N1CC#CCOCc1ccncc1. The average molecular weight is 306 g/mol. The molecule has 0 unspecified atom stereocenters. The lowest BCUT2D eigenvalue weighted by atomic mass is 10.1. The summed E-state index contributed by atoms with van der Waals surface area (Å²) in [6, 6.07) is 10.5. The lowest BCUT2D eigenvalue weighted by Crippen LogP contribution is -2.30. The molecule has 0 saturated carbocycles. The van der Waals surface area contributed by atoms with E-state index < -0.39 is 0 Å². The molecule has 1 aromatic heterocycles. The van der Waals surface area contributed by atoms with Crippen molar-refractivity contribution in [2.75, 3.05) is 13.2 Å². The van der Waals surface area contributed by atoms with E-state index in [4.69, 9.17) is 4.74 Å². The Balaban J connectivity index is 1.50. The first-order valence-corrected chi connectivity index (χ1v) is 7.15. The number of hydrogen-bond donors (Lipinski definition) is 0. The number of imide groups is 1. The van der Waals surface area contributed by atoms with Gasteiger partial charge in [0.15, 0.2) is 0 Å². The van der Waals surface area contributed by atoms with Gasteiger partial charge in [0, 0.05) is 12.4 Å². The molecule has 0 fully saturated rings. The summed E-state index contributed by atoms with van der Waals surface area (Å²) in [5, 5.41) is 0. The highest BCUT2D eigenvalue weighted by Crippen LogP contribution is 2.21. The van der Waals surface area contributed by atoms with Crippen LogP contribution >= 0.6 is 0 Å². The third kappa shape index (κ3) is 3.28. The second kappa shape index (κ2) is 6.86.